The quantitative estimate of drug-likeness (QED) is 0.453. The number of hydrogen-bond donors (Lipinski definition) is 0. The van der Waals surface area contributed by atoms with Crippen molar-refractivity contribution in [3.8, 4) is 0 Å². The zero-order chi connectivity index (χ0) is 18.0. The molecule has 24 heavy (non-hydrogen) atoms. The van der Waals surface area contributed by atoms with Gasteiger partial charge >= 0.3 is 0 Å². The van der Waals surface area contributed by atoms with Crippen molar-refractivity contribution in [2.24, 2.45) is 5.41 Å². The number of ether oxygens (including phenoxy) is 2. The van der Waals surface area contributed by atoms with Crippen LogP contribution in [0.1, 0.15) is 56.0 Å². The van der Waals surface area contributed by atoms with Crippen molar-refractivity contribution >= 4 is 11.6 Å². The molecule has 0 saturated carbocycles. The molecular weight excluding hydrogens is 304 g/mol. The third kappa shape index (κ3) is 8.37. The number of aryl methyl sites for hydroxylation is 1. The predicted octanol–water partition coefficient (Wildman–Crippen LogP) is 4.00. The molecule has 0 aliphatic rings. The SMILES string of the molecule is Cc1cccc(C(=O)CCCOCCOCCC(=O)C(C)(C)C)c1. The van der Waals surface area contributed by atoms with Crippen LogP contribution in [-0.2, 0) is 14.3 Å². The number of ketones is 2. The second kappa shape index (κ2) is 10.4. The second-order valence-electron chi connectivity index (χ2n) is 7.04. The molecule has 0 bridgehead atoms. The first kappa shape index (κ1) is 20.5. The normalized spacial score (nSPS) is 11.5. The summed E-state index contributed by atoms with van der Waals surface area (Å²) < 4.78 is 10.9. The molecule has 0 radical (unpaired) electrons. The minimum Gasteiger partial charge on any atom is -0.379 e. The van der Waals surface area contributed by atoms with Crippen molar-refractivity contribution < 1.29 is 19.1 Å². The number of hydrogen-bond acceptors (Lipinski definition) is 4. The van der Waals surface area contributed by atoms with Gasteiger partial charge in [0.1, 0.15) is 5.78 Å². The summed E-state index contributed by atoms with van der Waals surface area (Å²) in [5.74, 6) is 0.359. The van der Waals surface area contributed by atoms with E-state index in [9.17, 15) is 9.59 Å². The van der Waals surface area contributed by atoms with Crippen LogP contribution in [0.5, 0.6) is 0 Å². The zero-order valence-electron chi connectivity index (χ0n) is 15.4. The molecule has 0 heterocycles. The summed E-state index contributed by atoms with van der Waals surface area (Å²) in [4.78, 5) is 23.7. The van der Waals surface area contributed by atoms with Crippen LogP contribution in [0.25, 0.3) is 0 Å². The molecule has 0 N–H and O–H groups in total. The van der Waals surface area contributed by atoms with E-state index in [4.69, 9.17) is 9.47 Å². The van der Waals surface area contributed by atoms with Crippen molar-refractivity contribution in [2.75, 3.05) is 26.4 Å². The van der Waals surface area contributed by atoms with Gasteiger partial charge in [-0.1, -0.05) is 44.5 Å². The Kier molecular flexibility index (Phi) is 8.87. The van der Waals surface area contributed by atoms with Gasteiger partial charge < -0.3 is 9.47 Å². The van der Waals surface area contributed by atoms with Crippen molar-refractivity contribution in [1.29, 1.82) is 0 Å². The van der Waals surface area contributed by atoms with Crippen LogP contribution in [0.4, 0.5) is 0 Å². The van der Waals surface area contributed by atoms with Gasteiger partial charge in [0.05, 0.1) is 19.8 Å². The standard InChI is InChI=1S/C20H30O4/c1-16-7-5-8-17(15-16)18(21)9-6-11-23-13-14-24-12-10-19(22)20(2,3)4/h5,7-8,15H,6,9-14H2,1-4H3. The van der Waals surface area contributed by atoms with Gasteiger partial charge in [-0.3, -0.25) is 9.59 Å². The van der Waals surface area contributed by atoms with Gasteiger partial charge in [0.15, 0.2) is 5.78 Å². The number of Topliss-reactive ketones (excluding diaryl/α,β-unsaturated/α-hetero) is 2. The summed E-state index contributed by atoms with van der Waals surface area (Å²) in [5.41, 5.74) is 1.56. The van der Waals surface area contributed by atoms with Gasteiger partial charge in [0.2, 0.25) is 0 Å². The van der Waals surface area contributed by atoms with Crippen LogP contribution in [0, 0.1) is 12.3 Å². The molecule has 1 rings (SSSR count). The average Bonchev–Trinajstić information content (AvgIpc) is 2.51. The molecule has 134 valence electrons. The van der Waals surface area contributed by atoms with Crippen molar-refractivity contribution in [3.63, 3.8) is 0 Å². The van der Waals surface area contributed by atoms with Gasteiger partial charge in [-0.2, -0.15) is 0 Å². The predicted molar refractivity (Wildman–Crippen MR) is 95.5 cm³/mol. The lowest BCUT2D eigenvalue weighted by Crippen LogP contribution is -2.21. The Morgan fingerprint density at radius 2 is 1.62 bits per heavy atom. The maximum Gasteiger partial charge on any atom is 0.162 e. The van der Waals surface area contributed by atoms with E-state index in [0.29, 0.717) is 45.7 Å². The van der Waals surface area contributed by atoms with Gasteiger partial charge in [-0.15, -0.1) is 0 Å². The van der Waals surface area contributed by atoms with Crippen molar-refractivity contribution in [2.45, 2.75) is 47.0 Å². The summed E-state index contributed by atoms with van der Waals surface area (Å²) >= 11 is 0. The first-order valence-corrected chi connectivity index (χ1v) is 8.59. The minimum atomic E-state index is -0.302. The monoisotopic (exact) mass is 334 g/mol. The van der Waals surface area contributed by atoms with E-state index in [-0.39, 0.29) is 17.0 Å². The Labute approximate surface area is 145 Å². The zero-order valence-corrected chi connectivity index (χ0v) is 15.4. The lowest BCUT2D eigenvalue weighted by Gasteiger charge is -2.16. The molecule has 0 fully saturated rings. The fourth-order valence-corrected chi connectivity index (χ4v) is 2.16. The molecule has 0 aliphatic heterocycles. The van der Waals surface area contributed by atoms with E-state index >= 15 is 0 Å². The first-order chi connectivity index (χ1) is 11.3. The largest absolute Gasteiger partial charge is 0.379 e. The van der Waals surface area contributed by atoms with E-state index in [1.54, 1.807) is 0 Å². The summed E-state index contributed by atoms with van der Waals surface area (Å²) in [6.07, 6.45) is 1.63. The third-order valence-electron chi connectivity index (χ3n) is 3.71. The summed E-state index contributed by atoms with van der Waals surface area (Å²) in [6, 6.07) is 7.65. The smallest absolute Gasteiger partial charge is 0.162 e. The lowest BCUT2D eigenvalue weighted by atomic mass is 9.89. The van der Waals surface area contributed by atoms with Gasteiger partial charge in [0.25, 0.3) is 0 Å². The third-order valence-corrected chi connectivity index (χ3v) is 3.71. The van der Waals surface area contributed by atoms with Crippen LogP contribution in [-0.4, -0.2) is 38.0 Å². The van der Waals surface area contributed by atoms with E-state index < -0.39 is 0 Å². The number of rotatable bonds is 11. The van der Waals surface area contributed by atoms with Crippen LogP contribution in [0.15, 0.2) is 24.3 Å². The fraction of sp³-hybridized carbons (Fsp3) is 0.600. The lowest BCUT2D eigenvalue weighted by molar-refractivity contribution is -0.127. The Balaban J connectivity index is 2.01. The first-order valence-electron chi connectivity index (χ1n) is 8.59. The van der Waals surface area contributed by atoms with Gasteiger partial charge in [0, 0.05) is 30.4 Å². The van der Waals surface area contributed by atoms with Crippen LogP contribution < -0.4 is 0 Å². The summed E-state index contributed by atoms with van der Waals surface area (Å²) in [7, 11) is 0. The van der Waals surface area contributed by atoms with Crippen molar-refractivity contribution in [3.05, 3.63) is 35.4 Å². The van der Waals surface area contributed by atoms with Crippen LogP contribution in [0.3, 0.4) is 0 Å². The highest BCUT2D eigenvalue weighted by atomic mass is 16.5. The molecule has 0 amide bonds. The molecule has 0 unspecified atom stereocenters. The molecule has 0 atom stereocenters. The molecule has 0 aliphatic carbocycles. The molecule has 0 saturated heterocycles. The molecule has 4 heteroatoms. The van der Waals surface area contributed by atoms with Crippen molar-refractivity contribution in [1.82, 2.24) is 0 Å². The topological polar surface area (TPSA) is 52.6 Å². The Hall–Kier alpha value is -1.52. The molecule has 1 aromatic rings. The Morgan fingerprint density at radius 3 is 2.25 bits per heavy atom. The number of carbonyl (C=O) groups excluding carboxylic acids is 2. The molecule has 4 nitrogen and oxygen atoms in total. The van der Waals surface area contributed by atoms with Crippen LogP contribution >= 0.6 is 0 Å². The van der Waals surface area contributed by atoms with Gasteiger partial charge in [-0.25, -0.2) is 0 Å². The molecular formula is C20H30O4. The summed E-state index contributed by atoms with van der Waals surface area (Å²) in [6.45, 7) is 9.66. The van der Waals surface area contributed by atoms with E-state index in [0.717, 1.165) is 11.1 Å². The average molecular weight is 334 g/mol. The Morgan fingerprint density at radius 1 is 0.958 bits per heavy atom. The molecule has 1 aromatic carbocycles. The second-order valence-corrected chi connectivity index (χ2v) is 7.04. The minimum absolute atomic E-state index is 0.152. The number of carbonyl (C=O) groups is 2. The highest BCUT2D eigenvalue weighted by molar-refractivity contribution is 5.96. The molecule has 0 spiro atoms. The van der Waals surface area contributed by atoms with Crippen LogP contribution in [0.2, 0.25) is 0 Å². The summed E-state index contributed by atoms with van der Waals surface area (Å²) in [5, 5.41) is 0. The highest BCUT2D eigenvalue weighted by Crippen LogP contribution is 2.16. The highest BCUT2D eigenvalue weighted by Gasteiger charge is 2.20. The Bertz CT molecular complexity index is 529. The maximum atomic E-state index is 12.0. The van der Waals surface area contributed by atoms with Gasteiger partial charge in [-0.05, 0) is 19.4 Å². The number of benzene rings is 1. The fourth-order valence-electron chi connectivity index (χ4n) is 2.16. The van der Waals surface area contributed by atoms with E-state index in [2.05, 4.69) is 0 Å². The van der Waals surface area contributed by atoms with E-state index in [1.165, 1.54) is 0 Å². The maximum absolute atomic E-state index is 12.0. The molecule has 0 aromatic heterocycles. The van der Waals surface area contributed by atoms with E-state index in [1.807, 2.05) is 52.0 Å².